The Labute approximate surface area is 165 Å². The van der Waals surface area contributed by atoms with Crippen molar-refractivity contribution in [1.82, 2.24) is 0 Å². The van der Waals surface area contributed by atoms with Gasteiger partial charge >= 0.3 is 0 Å². The molecule has 0 spiro atoms. The van der Waals surface area contributed by atoms with Crippen LogP contribution in [0.2, 0.25) is 0 Å². The molecule has 0 atom stereocenters. The normalized spacial score (nSPS) is 10.2. The van der Waals surface area contributed by atoms with Crippen molar-refractivity contribution in [2.75, 3.05) is 22.1 Å². The first-order chi connectivity index (χ1) is 13.6. The molecular formula is C23H23N3O2. The molecule has 0 unspecified atom stereocenters. The van der Waals surface area contributed by atoms with Gasteiger partial charge in [-0.15, -0.1) is 0 Å². The highest BCUT2D eigenvalue weighted by atomic mass is 16.2. The minimum Gasteiger partial charge on any atom is -0.376 e. The SMILES string of the molecule is CC(=O)Nc1cccc(NCC(=O)N(Cc2ccccc2)c2ccccc2)c1. The van der Waals surface area contributed by atoms with Gasteiger partial charge in [0.15, 0.2) is 0 Å². The third-order valence-corrected chi connectivity index (χ3v) is 4.18. The quantitative estimate of drug-likeness (QED) is 0.649. The zero-order chi connectivity index (χ0) is 19.8. The van der Waals surface area contributed by atoms with E-state index in [1.807, 2.05) is 72.8 Å². The molecule has 28 heavy (non-hydrogen) atoms. The molecule has 3 aromatic carbocycles. The molecule has 5 heteroatoms. The van der Waals surface area contributed by atoms with Gasteiger partial charge in [0.1, 0.15) is 0 Å². The predicted molar refractivity (Wildman–Crippen MR) is 113 cm³/mol. The summed E-state index contributed by atoms with van der Waals surface area (Å²) in [5.74, 6) is -0.175. The van der Waals surface area contributed by atoms with Crippen molar-refractivity contribution in [2.45, 2.75) is 13.5 Å². The van der Waals surface area contributed by atoms with Gasteiger partial charge in [-0.1, -0.05) is 54.6 Å². The molecule has 0 bridgehead atoms. The van der Waals surface area contributed by atoms with Gasteiger partial charge in [-0.2, -0.15) is 0 Å². The lowest BCUT2D eigenvalue weighted by Gasteiger charge is -2.23. The van der Waals surface area contributed by atoms with E-state index in [1.165, 1.54) is 6.92 Å². The summed E-state index contributed by atoms with van der Waals surface area (Å²) in [5.41, 5.74) is 3.37. The largest absolute Gasteiger partial charge is 0.376 e. The molecule has 0 saturated heterocycles. The Balaban J connectivity index is 1.72. The molecule has 2 amide bonds. The fourth-order valence-corrected chi connectivity index (χ4v) is 2.88. The van der Waals surface area contributed by atoms with Crippen LogP contribution in [0.15, 0.2) is 84.9 Å². The van der Waals surface area contributed by atoms with Crippen molar-refractivity contribution < 1.29 is 9.59 Å². The van der Waals surface area contributed by atoms with Crippen LogP contribution in [0.1, 0.15) is 12.5 Å². The van der Waals surface area contributed by atoms with Crippen LogP contribution in [0.3, 0.4) is 0 Å². The van der Waals surface area contributed by atoms with E-state index in [-0.39, 0.29) is 18.4 Å². The van der Waals surface area contributed by atoms with Crippen molar-refractivity contribution in [3.05, 3.63) is 90.5 Å². The smallest absolute Gasteiger partial charge is 0.246 e. The molecule has 2 N–H and O–H groups in total. The molecule has 0 aliphatic rings. The third kappa shape index (κ3) is 5.45. The molecule has 142 valence electrons. The number of anilines is 3. The van der Waals surface area contributed by atoms with E-state index >= 15 is 0 Å². The van der Waals surface area contributed by atoms with Crippen LogP contribution in [-0.2, 0) is 16.1 Å². The number of nitrogens with one attached hydrogen (secondary N) is 2. The van der Waals surface area contributed by atoms with Crippen LogP contribution in [0.25, 0.3) is 0 Å². The number of benzene rings is 3. The first-order valence-corrected chi connectivity index (χ1v) is 9.13. The number of nitrogens with zero attached hydrogens (tertiary/aromatic N) is 1. The molecule has 0 fully saturated rings. The van der Waals surface area contributed by atoms with Crippen LogP contribution >= 0.6 is 0 Å². The lowest BCUT2D eigenvalue weighted by Crippen LogP contribution is -2.35. The molecule has 0 radical (unpaired) electrons. The summed E-state index contributed by atoms with van der Waals surface area (Å²) in [7, 11) is 0. The first kappa shape index (κ1) is 19.2. The Hall–Kier alpha value is -3.60. The van der Waals surface area contributed by atoms with Crippen LogP contribution in [-0.4, -0.2) is 18.4 Å². The fourth-order valence-electron chi connectivity index (χ4n) is 2.88. The number of amides is 2. The minimum absolute atomic E-state index is 0.0417. The van der Waals surface area contributed by atoms with Gasteiger partial charge in [-0.05, 0) is 35.9 Å². The van der Waals surface area contributed by atoms with Gasteiger partial charge in [0.2, 0.25) is 11.8 Å². The average molecular weight is 373 g/mol. The van der Waals surface area contributed by atoms with Gasteiger partial charge in [0, 0.05) is 24.0 Å². The lowest BCUT2D eigenvalue weighted by atomic mass is 10.2. The molecule has 3 aromatic rings. The van der Waals surface area contributed by atoms with Crippen LogP contribution in [0, 0.1) is 0 Å². The summed E-state index contributed by atoms with van der Waals surface area (Å²) in [4.78, 5) is 26.0. The second-order valence-electron chi connectivity index (χ2n) is 6.42. The predicted octanol–water partition coefficient (Wildman–Crippen LogP) is 4.29. The maximum Gasteiger partial charge on any atom is 0.246 e. The lowest BCUT2D eigenvalue weighted by molar-refractivity contribution is -0.117. The highest BCUT2D eigenvalue weighted by Crippen LogP contribution is 2.19. The van der Waals surface area contributed by atoms with E-state index in [2.05, 4.69) is 10.6 Å². The van der Waals surface area contributed by atoms with E-state index in [0.717, 1.165) is 16.9 Å². The third-order valence-electron chi connectivity index (χ3n) is 4.18. The molecule has 0 aromatic heterocycles. The maximum atomic E-state index is 13.0. The number of hydrogen-bond donors (Lipinski definition) is 2. The first-order valence-electron chi connectivity index (χ1n) is 9.13. The van der Waals surface area contributed by atoms with Crippen molar-refractivity contribution in [3.8, 4) is 0 Å². The van der Waals surface area contributed by atoms with Gasteiger partial charge in [0.05, 0.1) is 13.1 Å². The average Bonchev–Trinajstić information content (AvgIpc) is 2.71. The Morgan fingerprint density at radius 3 is 2.14 bits per heavy atom. The van der Waals surface area contributed by atoms with Crippen molar-refractivity contribution in [3.63, 3.8) is 0 Å². The van der Waals surface area contributed by atoms with Crippen LogP contribution in [0.5, 0.6) is 0 Å². The minimum atomic E-state index is -0.133. The molecule has 0 aliphatic carbocycles. The summed E-state index contributed by atoms with van der Waals surface area (Å²) < 4.78 is 0. The van der Waals surface area contributed by atoms with E-state index in [4.69, 9.17) is 0 Å². The second kappa shape index (κ2) is 9.37. The van der Waals surface area contributed by atoms with E-state index < -0.39 is 0 Å². The van der Waals surface area contributed by atoms with E-state index in [9.17, 15) is 9.59 Å². The van der Waals surface area contributed by atoms with Gasteiger partial charge in [-0.25, -0.2) is 0 Å². The van der Waals surface area contributed by atoms with Crippen molar-refractivity contribution >= 4 is 28.9 Å². The molecule has 3 rings (SSSR count). The van der Waals surface area contributed by atoms with E-state index in [1.54, 1.807) is 17.0 Å². The van der Waals surface area contributed by atoms with E-state index in [0.29, 0.717) is 12.2 Å². The zero-order valence-electron chi connectivity index (χ0n) is 15.8. The van der Waals surface area contributed by atoms with Gasteiger partial charge < -0.3 is 15.5 Å². The Bertz CT molecular complexity index is 927. The molecule has 0 heterocycles. The summed E-state index contributed by atoms with van der Waals surface area (Å²) in [6.45, 7) is 2.10. The number of carbonyl (C=O) groups excluding carboxylic acids is 2. The second-order valence-corrected chi connectivity index (χ2v) is 6.42. The Kier molecular flexibility index (Phi) is 6.41. The van der Waals surface area contributed by atoms with Gasteiger partial charge in [0.25, 0.3) is 0 Å². The highest BCUT2D eigenvalue weighted by Gasteiger charge is 2.16. The fraction of sp³-hybridized carbons (Fsp3) is 0.130. The summed E-state index contributed by atoms with van der Waals surface area (Å²) >= 11 is 0. The van der Waals surface area contributed by atoms with Crippen molar-refractivity contribution in [1.29, 1.82) is 0 Å². The van der Waals surface area contributed by atoms with Crippen LogP contribution in [0.4, 0.5) is 17.1 Å². The van der Waals surface area contributed by atoms with Gasteiger partial charge in [-0.3, -0.25) is 9.59 Å². The van der Waals surface area contributed by atoms with Crippen LogP contribution < -0.4 is 15.5 Å². The Morgan fingerprint density at radius 1 is 0.821 bits per heavy atom. The molecule has 0 saturated carbocycles. The summed E-state index contributed by atoms with van der Waals surface area (Å²) in [6.07, 6.45) is 0. The highest BCUT2D eigenvalue weighted by molar-refractivity contribution is 5.96. The van der Waals surface area contributed by atoms with Crippen molar-refractivity contribution in [2.24, 2.45) is 0 Å². The monoisotopic (exact) mass is 373 g/mol. The summed E-state index contributed by atoms with van der Waals surface area (Å²) in [6, 6.07) is 26.8. The standard InChI is InChI=1S/C23H23N3O2/c1-18(27)25-21-12-8-11-20(15-21)24-16-23(28)26(22-13-6-3-7-14-22)17-19-9-4-2-5-10-19/h2-15,24H,16-17H2,1H3,(H,25,27). The molecule has 5 nitrogen and oxygen atoms in total. The zero-order valence-corrected chi connectivity index (χ0v) is 15.8. The number of para-hydroxylation sites is 1. The molecule has 0 aliphatic heterocycles. The summed E-state index contributed by atoms with van der Waals surface area (Å²) in [5, 5.41) is 5.89. The molecular weight excluding hydrogens is 350 g/mol. The number of rotatable bonds is 7. The number of hydrogen-bond acceptors (Lipinski definition) is 3. The maximum absolute atomic E-state index is 13.0. The Morgan fingerprint density at radius 2 is 1.46 bits per heavy atom. The number of carbonyl (C=O) groups is 2. The topological polar surface area (TPSA) is 61.4 Å².